The van der Waals surface area contributed by atoms with Gasteiger partial charge in [0.2, 0.25) is 0 Å². The molecule has 1 heterocycles. The number of likely N-dealkylation sites (N-methyl/N-ethyl adjacent to an activating group) is 1. The van der Waals surface area contributed by atoms with Gasteiger partial charge in [-0.2, -0.15) is 0 Å². The molecule has 0 aliphatic rings. The summed E-state index contributed by atoms with van der Waals surface area (Å²) in [5.74, 6) is 0.244. The fourth-order valence-electron chi connectivity index (χ4n) is 2.63. The van der Waals surface area contributed by atoms with Crippen LogP contribution < -0.4 is 9.64 Å². The van der Waals surface area contributed by atoms with Gasteiger partial charge in [0, 0.05) is 23.0 Å². The molecule has 0 saturated heterocycles. The average molecular weight is 470 g/mol. The van der Waals surface area contributed by atoms with Gasteiger partial charge in [-0.15, -0.1) is 11.8 Å². The lowest BCUT2D eigenvalue weighted by molar-refractivity contribution is -0.120. The molecular weight excluding hydrogens is 449 g/mol. The minimum Gasteiger partial charge on any atom is -0.482 e. The van der Waals surface area contributed by atoms with Crippen molar-refractivity contribution in [2.24, 2.45) is 0 Å². The topological polar surface area (TPSA) is 45.7 Å². The zero-order valence-electron chi connectivity index (χ0n) is 16.3. The van der Waals surface area contributed by atoms with Crippen LogP contribution in [0.5, 0.6) is 5.75 Å². The van der Waals surface area contributed by atoms with Crippen LogP contribution in [0.15, 0.2) is 41.3 Å². The van der Waals surface area contributed by atoms with E-state index < -0.39 is 0 Å². The lowest BCUT2D eigenvalue weighted by Gasteiger charge is -2.22. The number of anilines is 1. The summed E-state index contributed by atoms with van der Waals surface area (Å²) in [6, 6.07) is 11.0. The van der Waals surface area contributed by atoms with E-state index in [4.69, 9.17) is 32.9 Å². The van der Waals surface area contributed by atoms with E-state index in [0.29, 0.717) is 34.0 Å². The molecule has 0 spiro atoms. The van der Waals surface area contributed by atoms with Gasteiger partial charge in [-0.05, 0) is 50.7 Å². The highest BCUT2D eigenvalue weighted by atomic mass is 35.5. The standard InChI is InChI=1S/C20H21Cl2N3O2S2/c1-24(2)9-10-25(18(26)12-27-15-8-7-13(21)11-14(15)22)20-23-19-16(28-3)5-4-6-17(19)29-20/h4-8,11H,9-10,12H2,1-3H3. The van der Waals surface area contributed by atoms with Crippen LogP contribution in [0.2, 0.25) is 10.0 Å². The number of amides is 1. The molecule has 9 heteroatoms. The molecule has 0 radical (unpaired) electrons. The number of fused-ring (bicyclic) bond motifs is 1. The zero-order chi connectivity index (χ0) is 21.0. The van der Waals surface area contributed by atoms with E-state index in [0.717, 1.165) is 15.1 Å². The molecule has 154 valence electrons. The highest BCUT2D eigenvalue weighted by Gasteiger charge is 2.21. The minimum absolute atomic E-state index is 0.139. The summed E-state index contributed by atoms with van der Waals surface area (Å²) >= 11 is 15.2. The molecule has 2 aromatic carbocycles. The van der Waals surface area contributed by atoms with E-state index in [2.05, 4.69) is 0 Å². The molecule has 0 aliphatic carbocycles. The first-order valence-corrected chi connectivity index (χ1v) is 11.6. The normalized spacial score (nSPS) is 11.2. The van der Waals surface area contributed by atoms with Crippen molar-refractivity contribution in [3.63, 3.8) is 0 Å². The van der Waals surface area contributed by atoms with Gasteiger partial charge in [-0.3, -0.25) is 9.69 Å². The zero-order valence-corrected chi connectivity index (χ0v) is 19.5. The number of aromatic nitrogens is 1. The number of hydrogen-bond donors (Lipinski definition) is 0. The van der Waals surface area contributed by atoms with E-state index in [-0.39, 0.29) is 12.5 Å². The van der Waals surface area contributed by atoms with Gasteiger partial charge in [-0.1, -0.05) is 40.6 Å². The Hall–Kier alpha value is -1.51. The third-order valence-corrected chi connectivity index (χ3v) is 6.48. The quantitative estimate of drug-likeness (QED) is 0.418. The Morgan fingerprint density at radius 3 is 2.69 bits per heavy atom. The molecule has 0 saturated carbocycles. The first-order chi connectivity index (χ1) is 13.9. The maximum absolute atomic E-state index is 13.0. The first-order valence-electron chi connectivity index (χ1n) is 8.85. The van der Waals surface area contributed by atoms with E-state index in [1.165, 1.54) is 11.3 Å². The Kier molecular flexibility index (Phi) is 7.65. The lowest BCUT2D eigenvalue weighted by atomic mass is 10.3. The second-order valence-electron chi connectivity index (χ2n) is 6.52. The highest BCUT2D eigenvalue weighted by Crippen LogP contribution is 2.34. The number of nitrogens with zero attached hydrogens (tertiary/aromatic N) is 3. The Balaban J connectivity index is 1.83. The van der Waals surface area contributed by atoms with Crippen LogP contribution >= 0.6 is 46.3 Å². The summed E-state index contributed by atoms with van der Waals surface area (Å²) in [5, 5.41) is 1.55. The monoisotopic (exact) mass is 469 g/mol. The van der Waals surface area contributed by atoms with Crippen molar-refractivity contribution in [3.8, 4) is 5.75 Å². The number of thioether (sulfide) groups is 1. The fraction of sp³-hybridized carbons (Fsp3) is 0.300. The number of benzene rings is 2. The van der Waals surface area contributed by atoms with Crippen LogP contribution in [0, 0.1) is 0 Å². The molecule has 0 fully saturated rings. The fourth-order valence-corrected chi connectivity index (χ4v) is 4.76. The van der Waals surface area contributed by atoms with E-state index in [1.54, 1.807) is 34.9 Å². The third-order valence-electron chi connectivity index (χ3n) is 4.14. The molecule has 5 nitrogen and oxygen atoms in total. The second-order valence-corrected chi connectivity index (χ2v) is 9.22. The van der Waals surface area contributed by atoms with Gasteiger partial charge >= 0.3 is 0 Å². The number of ether oxygens (including phenoxy) is 1. The number of halogens is 2. The summed E-state index contributed by atoms with van der Waals surface area (Å²) in [4.78, 5) is 22.6. The number of hydrogen-bond acceptors (Lipinski definition) is 6. The molecular formula is C20H21Cl2N3O2S2. The maximum Gasteiger partial charge on any atom is 0.266 e. The maximum atomic E-state index is 13.0. The number of carbonyl (C=O) groups excluding carboxylic acids is 1. The van der Waals surface area contributed by atoms with Gasteiger partial charge < -0.3 is 9.64 Å². The van der Waals surface area contributed by atoms with E-state index in [1.807, 2.05) is 43.5 Å². The average Bonchev–Trinajstić information content (AvgIpc) is 3.11. The summed E-state index contributed by atoms with van der Waals surface area (Å²) in [5.41, 5.74) is 0.921. The Morgan fingerprint density at radius 2 is 2.00 bits per heavy atom. The van der Waals surface area contributed by atoms with Crippen molar-refractivity contribution >= 4 is 67.6 Å². The van der Waals surface area contributed by atoms with Crippen molar-refractivity contribution in [3.05, 3.63) is 46.4 Å². The molecule has 3 rings (SSSR count). The number of para-hydroxylation sites is 1. The summed E-state index contributed by atoms with van der Waals surface area (Å²) < 4.78 is 6.71. The number of carbonyl (C=O) groups is 1. The second kappa shape index (κ2) is 10.00. The Labute approximate surface area is 188 Å². The smallest absolute Gasteiger partial charge is 0.266 e. The van der Waals surface area contributed by atoms with Crippen LogP contribution in [-0.4, -0.2) is 55.8 Å². The van der Waals surface area contributed by atoms with Crippen LogP contribution in [0.25, 0.3) is 10.2 Å². The van der Waals surface area contributed by atoms with E-state index in [9.17, 15) is 4.79 Å². The van der Waals surface area contributed by atoms with Gasteiger partial charge in [0.05, 0.1) is 15.2 Å². The molecule has 1 amide bonds. The summed E-state index contributed by atoms with van der Waals surface area (Å²) in [7, 11) is 3.94. The SMILES string of the molecule is CSc1cccc2sc(N(CCN(C)C)C(=O)COc3ccc(Cl)cc3Cl)nc12. The van der Waals surface area contributed by atoms with Crippen molar-refractivity contribution in [1.29, 1.82) is 0 Å². The van der Waals surface area contributed by atoms with Crippen molar-refractivity contribution in [2.75, 3.05) is 44.9 Å². The number of rotatable bonds is 8. The molecule has 3 aromatic rings. The van der Waals surface area contributed by atoms with Crippen LogP contribution in [0.4, 0.5) is 5.13 Å². The molecule has 0 atom stereocenters. The first kappa shape index (κ1) is 22.2. The van der Waals surface area contributed by atoms with Crippen molar-refractivity contribution in [2.45, 2.75) is 4.90 Å². The number of thiazole rings is 1. The van der Waals surface area contributed by atoms with Crippen molar-refractivity contribution < 1.29 is 9.53 Å². The highest BCUT2D eigenvalue weighted by molar-refractivity contribution is 7.98. The van der Waals surface area contributed by atoms with Gasteiger partial charge in [-0.25, -0.2) is 4.98 Å². The summed E-state index contributed by atoms with van der Waals surface area (Å²) in [6.07, 6.45) is 2.02. The molecule has 0 bridgehead atoms. The molecule has 0 N–H and O–H groups in total. The molecule has 0 unspecified atom stereocenters. The van der Waals surface area contributed by atoms with Crippen LogP contribution in [-0.2, 0) is 4.79 Å². The van der Waals surface area contributed by atoms with Gasteiger partial charge in [0.1, 0.15) is 5.75 Å². The van der Waals surface area contributed by atoms with Crippen LogP contribution in [0.1, 0.15) is 0 Å². The Bertz CT molecular complexity index is 1010. The molecule has 1 aromatic heterocycles. The predicted molar refractivity (Wildman–Crippen MR) is 124 cm³/mol. The summed E-state index contributed by atoms with van der Waals surface area (Å²) in [6.45, 7) is 1.08. The Morgan fingerprint density at radius 1 is 1.21 bits per heavy atom. The van der Waals surface area contributed by atoms with Crippen LogP contribution in [0.3, 0.4) is 0 Å². The predicted octanol–water partition coefficient (Wildman–Crippen LogP) is 5.30. The largest absolute Gasteiger partial charge is 0.482 e. The van der Waals surface area contributed by atoms with E-state index >= 15 is 0 Å². The minimum atomic E-state index is -0.178. The lowest BCUT2D eigenvalue weighted by Crippen LogP contribution is -2.39. The van der Waals surface area contributed by atoms with Gasteiger partial charge in [0.15, 0.2) is 11.7 Å². The van der Waals surface area contributed by atoms with Crippen molar-refractivity contribution in [1.82, 2.24) is 9.88 Å². The molecule has 0 aliphatic heterocycles. The van der Waals surface area contributed by atoms with Gasteiger partial charge in [0.25, 0.3) is 5.91 Å². The third kappa shape index (κ3) is 5.55. The molecule has 29 heavy (non-hydrogen) atoms.